The minimum atomic E-state index is -4.39. The van der Waals surface area contributed by atoms with Crippen LogP contribution in [-0.4, -0.2) is 57.4 Å². The zero-order valence-electron chi connectivity index (χ0n) is 19.0. The molecule has 1 aliphatic rings. The quantitative estimate of drug-likeness (QED) is 0.576. The van der Waals surface area contributed by atoms with Gasteiger partial charge in [-0.1, -0.05) is 17.3 Å². The summed E-state index contributed by atoms with van der Waals surface area (Å²) in [6.45, 7) is 2.61. The molecule has 0 radical (unpaired) electrons. The van der Waals surface area contributed by atoms with Crippen LogP contribution in [0.25, 0.3) is 5.69 Å². The van der Waals surface area contributed by atoms with Gasteiger partial charge in [-0.3, -0.25) is 9.59 Å². The van der Waals surface area contributed by atoms with Crippen molar-refractivity contribution < 1.29 is 27.5 Å². The minimum Gasteiger partial charge on any atom is -0.490 e. The van der Waals surface area contributed by atoms with Crippen molar-refractivity contribution in [2.24, 2.45) is 0 Å². The van der Waals surface area contributed by atoms with E-state index in [1.165, 1.54) is 23.0 Å². The summed E-state index contributed by atoms with van der Waals surface area (Å²) in [6.07, 6.45) is -2.03. The number of ether oxygens (including phenoxy) is 1. The summed E-state index contributed by atoms with van der Waals surface area (Å²) in [5.41, 5.74) is 1.19. The van der Waals surface area contributed by atoms with E-state index in [4.69, 9.17) is 4.74 Å². The highest BCUT2D eigenvalue weighted by Gasteiger charge is 2.30. The number of alkyl halides is 3. The Balaban J connectivity index is 1.22. The molecule has 8 nitrogen and oxygen atoms in total. The fraction of sp³-hybridized carbons (Fsp3) is 0.333. The van der Waals surface area contributed by atoms with E-state index in [1.54, 1.807) is 4.90 Å². The topological polar surface area (TPSA) is 89.4 Å². The second kappa shape index (κ2) is 10.2. The van der Waals surface area contributed by atoms with Crippen molar-refractivity contribution >= 4 is 11.8 Å². The molecule has 1 aliphatic heterocycles. The second-order valence-electron chi connectivity index (χ2n) is 8.29. The first-order valence-corrected chi connectivity index (χ1v) is 11.1. The molecule has 0 aliphatic carbocycles. The molecule has 11 heteroatoms. The first-order chi connectivity index (χ1) is 16.7. The molecule has 184 valence electrons. The van der Waals surface area contributed by atoms with Gasteiger partial charge in [-0.05, 0) is 48.9 Å². The Bertz CT molecular complexity index is 1190. The molecule has 35 heavy (non-hydrogen) atoms. The van der Waals surface area contributed by atoms with Gasteiger partial charge in [0, 0.05) is 25.9 Å². The summed E-state index contributed by atoms with van der Waals surface area (Å²) in [5, 5.41) is 10.4. The predicted octanol–water partition coefficient (Wildman–Crippen LogP) is 3.39. The maximum atomic E-state index is 12.7. The fourth-order valence-corrected chi connectivity index (χ4v) is 3.76. The fourth-order valence-electron chi connectivity index (χ4n) is 3.76. The molecule has 4 rings (SSSR count). The molecular formula is C24H24F3N5O3. The third-order valence-electron chi connectivity index (χ3n) is 5.67. The van der Waals surface area contributed by atoms with Gasteiger partial charge in [0.1, 0.15) is 11.9 Å². The van der Waals surface area contributed by atoms with E-state index in [0.29, 0.717) is 31.7 Å². The van der Waals surface area contributed by atoms with Crippen molar-refractivity contribution in [2.45, 2.75) is 32.0 Å². The molecule has 0 unspecified atom stereocenters. The first-order valence-electron chi connectivity index (χ1n) is 11.1. The molecule has 1 fully saturated rings. The highest BCUT2D eigenvalue weighted by atomic mass is 19.4. The molecule has 2 amide bonds. The maximum absolute atomic E-state index is 12.7. The molecule has 1 N–H and O–H groups in total. The molecule has 1 saturated heterocycles. The Kier molecular flexibility index (Phi) is 7.04. The molecule has 1 aromatic heterocycles. The van der Waals surface area contributed by atoms with Crippen molar-refractivity contribution in [1.82, 2.24) is 25.2 Å². The Morgan fingerprint density at radius 3 is 2.49 bits per heavy atom. The van der Waals surface area contributed by atoms with Crippen molar-refractivity contribution in [2.75, 3.05) is 19.6 Å². The number of hydrogen-bond donors (Lipinski definition) is 1. The van der Waals surface area contributed by atoms with Crippen molar-refractivity contribution in [3.8, 4) is 11.4 Å². The Labute approximate surface area is 199 Å². The summed E-state index contributed by atoms with van der Waals surface area (Å²) in [4.78, 5) is 26.5. The van der Waals surface area contributed by atoms with Crippen molar-refractivity contribution in [3.63, 3.8) is 0 Å². The summed E-state index contributed by atoms with van der Waals surface area (Å²) in [6, 6.07) is 12.1. The summed E-state index contributed by atoms with van der Waals surface area (Å²) < 4.78 is 45.3. The predicted molar refractivity (Wildman–Crippen MR) is 120 cm³/mol. The number of carbonyl (C=O) groups excluding carboxylic acids is 2. The van der Waals surface area contributed by atoms with Crippen LogP contribution in [0.1, 0.15) is 34.5 Å². The van der Waals surface area contributed by atoms with Gasteiger partial charge >= 0.3 is 6.18 Å². The van der Waals surface area contributed by atoms with Gasteiger partial charge in [0.25, 0.3) is 5.91 Å². The third-order valence-corrected chi connectivity index (χ3v) is 5.67. The van der Waals surface area contributed by atoms with Crippen LogP contribution in [0.4, 0.5) is 13.2 Å². The molecule has 0 atom stereocenters. The van der Waals surface area contributed by atoms with Gasteiger partial charge in [-0.2, -0.15) is 13.2 Å². The minimum absolute atomic E-state index is 0.1000. The number of nitrogens with zero attached hydrogens (tertiary/aromatic N) is 4. The number of nitrogens with one attached hydrogen (secondary N) is 1. The SMILES string of the molecule is Cc1cccc(-n2cc(C(=O)NCC(=O)N3CCC(Oc4ccc(C(F)(F)F)cc4)CC3)nn2)c1. The highest BCUT2D eigenvalue weighted by Crippen LogP contribution is 2.30. The van der Waals surface area contributed by atoms with Crippen LogP contribution in [-0.2, 0) is 11.0 Å². The zero-order valence-corrected chi connectivity index (χ0v) is 19.0. The number of halogens is 3. The molecule has 0 bridgehead atoms. The number of piperidine rings is 1. The number of likely N-dealkylation sites (tertiary alicyclic amines) is 1. The first kappa shape index (κ1) is 24.2. The van der Waals surface area contributed by atoms with Crippen LogP contribution in [0.2, 0.25) is 0 Å². The highest BCUT2D eigenvalue weighted by molar-refractivity contribution is 5.94. The van der Waals surface area contributed by atoms with E-state index >= 15 is 0 Å². The average Bonchev–Trinajstić information content (AvgIpc) is 3.33. The molecule has 2 heterocycles. The summed E-state index contributed by atoms with van der Waals surface area (Å²) in [5.74, 6) is -0.385. The molecular weight excluding hydrogens is 463 g/mol. The van der Waals surface area contributed by atoms with Crippen LogP contribution in [0.3, 0.4) is 0 Å². The van der Waals surface area contributed by atoms with Crippen LogP contribution in [0.15, 0.2) is 54.7 Å². The summed E-state index contributed by atoms with van der Waals surface area (Å²) >= 11 is 0. The molecule has 0 saturated carbocycles. The number of aryl methyl sites for hydroxylation is 1. The monoisotopic (exact) mass is 487 g/mol. The van der Waals surface area contributed by atoms with Gasteiger partial charge in [0.15, 0.2) is 5.69 Å². The summed E-state index contributed by atoms with van der Waals surface area (Å²) in [7, 11) is 0. The van der Waals surface area contributed by atoms with Gasteiger partial charge in [0.2, 0.25) is 5.91 Å². The molecule has 0 spiro atoms. The van der Waals surface area contributed by atoms with Gasteiger partial charge in [-0.25, -0.2) is 4.68 Å². The van der Waals surface area contributed by atoms with E-state index in [2.05, 4.69) is 15.6 Å². The number of hydrogen-bond acceptors (Lipinski definition) is 5. The number of amides is 2. The lowest BCUT2D eigenvalue weighted by Gasteiger charge is -2.32. The van der Waals surface area contributed by atoms with E-state index in [0.717, 1.165) is 23.4 Å². The Morgan fingerprint density at radius 1 is 1.11 bits per heavy atom. The van der Waals surface area contributed by atoms with Gasteiger partial charge in [0.05, 0.1) is 24.0 Å². The van der Waals surface area contributed by atoms with Crippen molar-refractivity contribution in [1.29, 1.82) is 0 Å². The van der Waals surface area contributed by atoms with Crippen LogP contribution in [0, 0.1) is 6.92 Å². The number of carbonyl (C=O) groups is 2. The Hall–Kier alpha value is -3.89. The Morgan fingerprint density at radius 2 is 1.83 bits per heavy atom. The largest absolute Gasteiger partial charge is 0.490 e. The smallest absolute Gasteiger partial charge is 0.416 e. The maximum Gasteiger partial charge on any atom is 0.416 e. The lowest BCUT2D eigenvalue weighted by molar-refractivity contribution is -0.137. The van der Waals surface area contributed by atoms with E-state index in [9.17, 15) is 22.8 Å². The second-order valence-corrected chi connectivity index (χ2v) is 8.29. The standard InChI is InChI=1S/C24H24F3N5O3/c1-16-3-2-4-18(13-16)32-15-21(29-30-32)23(34)28-14-22(33)31-11-9-20(10-12-31)35-19-7-5-17(6-8-19)24(25,26)27/h2-8,13,15,20H,9-12,14H2,1H3,(H,28,34). The zero-order chi connectivity index (χ0) is 25.0. The molecule has 3 aromatic rings. The van der Waals surface area contributed by atoms with E-state index in [-0.39, 0.29) is 24.2 Å². The third kappa shape index (κ3) is 6.17. The van der Waals surface area contributed by atoms with Crippen LogP contribution < -0.4 is 10.1 Å². The molecule has 2 aromatic carbocycles. The van der Waals surface area contributed by atoms with Gasteiger partial charge < -0.3 is 15.0 Å². The average molecular weight is 487 g/mol. The van der Waals surface area contributed by atoms with E-state index in [1.807, 2.05) is 31.2 Å². The number of aromatic nitrogens is 3. The van der Waals surface area contributed by atoms with Crippen LogP contribution >= 0.6 is 0 Å². The van der Waals surface area contributed by atoms with Crippen LogP contribution in [0.5, 0.6) is 5.75 Å². The lowest BCUT2D eigenvalue weighted by Crippen LogP contribution is -2.46. The van der Waals surface area contributed by atoms with Gasteiger partial charge in [-0.15, -0.1) is 5.10 Å². The van der Waals surface area contributed by atoms with E-state index < -0.39 is 17.6 Å². The number of rotatable bonds is 6. The number of benzene rings is 2. The normalized spacial score (nSPS) is 14.6. The lowest BCUT2D eigenvalue weighted by atomic mass is 10.1. The van der Waals surface area contributed by atoms with Crippen molar-refractivity contribution in [3.05, 3.63) is 71.5 Å².